The SMILES string of the molecule is CCC(C)(NCCOCCOC(C)(C)CC(C)(C)C(C)=O)C(=O)COCCOCCNC(C)(C)C(=O)CN(C)CC(=O)O. The van der Waals surface area contributed by atoms with Crippen molar-refractivity contribution in [2.45, 2.75) is 91.8 Å². The van der Waals surface area contributed by atoms with Gasteiger partial charge >= 0.3 is 5.97 Å². The van der Waals surface area contributed by atoms with E-state index in [1.54, 1.807) is 27.8 Å². The van der Waals surface area contributed by atoms with Crippen LogP contribution in [-0.2, 0) is 38.1 Å². The van der Waals surface area contributed by atoms with E-state index in [-0.39, 0.29) is 43.7 Å². The van der Waals surface area contributed by atoms with Crippen molar-refractivity contribution >= 4 is 23.3 Å². The number of rotatable bonds is 27. The number of hydrogen-bond acceptors (Lipinski definition) is 11. The monoisotopic (exact) mass is 617 g/mol. The minimum atomic E-state index is -0.982. The van der Waals surface area contributed by atoms with Crippen LogP contribution in [0, 0.1) is 5.41 Å². The summed E-state index contributed by atoms with van der Waals surface area (Å²) in [5.41, 5.74) is -2.43. The fraction of sp³-hybridized carbons (Fsp3) is 0.871. The zero-order valence-electron chi connectivity index (χ0n) is 28.4. The second-order valence-electron chi connectivity index (χ2n) is 13.1. The van der Waals surface area contributed by atoms with Crippen LogP contribution in [-0.4, -0.2) is 129 Å². The van der Waals surface area contributed by atoms with E-state index >= 15 is 0 Å². The molecule has 3 N–H and O–H groups in total. The fourth-order valence-electron chi connectivity index (χ4n) is 4.35. The van der Waals surface area contributed by atoms with Gasteiger partial charge in [-0.2, -0.15) is 0 Å². The van der Waals surface area contributed by atoms with Crippen LogP contribution in [0.15, 0.2) is 0 Å². The molecule has 0 aliphatic heterocycles. The molecule has 12 heteroatoms. The summed E-state index contributed by atoms with van der Waals surface area (Å²) in [4.78, 5) is 49.3. The lowest BCUT2D eigenvalue weighted by Gasteiger charge is -2.33. The van der Waals surface area contributed by atoms with Crippen LogP contribution in [0.1, 0.15) is 75.2 Å². The first kappa shape index (κ1) is 41.2. The number of carbonyl (C=O) groups excluding carboxylic acids is 3. The molecular weight excluding hydrogens is 558 g/mol. The number of ether oxygens (including phenoxy) is 4. The van der Waals surface area contributed by atoms with Gasteiger partial charge in [-0.3, -0.25) is 24.1 Å². The molecule has 0 radical (unpaired) electrons. The Kier molecular flexibility index (Phi) is 18.7. The topological polar surface area (TPSA) is 153 Å². The molecule has 0 fully saturated rings. The Morgan fingerprint density at radius 1 is 0.744 bits per heavy atom. The Balaban J connectivity index is 4.14. The van der Waals surface area contributed by atoms with Crippen molar-refractivity contribution in [1.29, 1.82) is 0 Å². The predicted molar refractivity (Wildman–Crippen MR) is 165 cm³/mol. The van der Waals surface area contributed by atoms with Crippen molar-refractivity contribution in [3.05, 3.63) is 0 Å². The molecule has 0 aromatic rings. The van der Waals surface area contributed by atoms with Crippen LogP contribution in [0.4, 0.5) is 0 Å². The molecule has 1 unspecified atom stereocenters. The molecular formula is C31H59N3O9. The molecule has 0 spiro atoms. The van der Waals surface area contributed by atoms with E-state index in [4.69, 9.17) is 24.1 Å². The summed E-state index contributed by atoms with van der Waals surface area (Å²) in [6.45, 7) is 19.6. The zero-order valence-corrected chi connectivity index (χ0v) is 28.4. The van der Waals surface area contributed by atoms with E-state index < -0.39 is 28.1 Å². The molecule has 0 saturated heterocycles. The molecule has 1 atom stereocenters. The van der Waals surface area contributed by atoms with E-state index in [1.807, 2.05) is 41.5 Å². The lowest BCUT2D eigenvalue weighted by molar-refractivity contribution is -0.138. The molecule has 0 aliphatic rings. The molecule has 252 valence electrons. The average molecular weight is 618 g/mol. The van der Waals surface area contributed by atoms with Gasteiger partial charge in [0.15, 0.2) is 11.6 Å². The van der Waals surface area contributed by atoms with Crippen molar-refractivity contribution in [2.24, 2.45) is 5.41 Å². The summed E-state index contributed by atoms with van der Waals surface area (Å²) >= 11 is 0. The second-order valence-corrected chi connectivity index (χ2v) is 13.1. The molecule has 43 heavy (non-hydrogen) atoms. The van der Waals surface area contributed by atoms with E-state index in [1.165, 1.54) is 4.90 Å². The highest BCUT2D eigenvalue weighted by molar-refractivity contribution is 5.90. The van der Waals surface area contributed by atoms with Crippen molar-refractivity contribution in [1.82, 2.24) is 15.5 Å². The molecule has 0 amide bonds. The number of nitrogens with zero attached hydrogens (tertiary/aromatic N) is 1. The van der Waals surface area contributed by atoms with Gasteiger partial charge in [0, 0.05) is 18.5 Å². The Hall–Kier alpha value is -1.80. The Morgan fingerprint density at radius 3 is 1.81 bits per heavy atom. The Labute approximate surface area is 258 Å². The molecule has 0 saturated carbocycles. The van der Waals surface area contributed by atoms with Crippen LogP contribution >= 0.6 is 0 Å². The van der Waals surface area contributed by atoms with Gasteiger partial charge in [-0.15, -0.1) is 0 Å². The van der Waals surface area contributed by atoms with E-state index in [2.05, 4.69) is 10.6 Å². The summed E-state index contributed by atoms with van der Waals surface area (Å²) in [7, 11) is 1.59. The number of nitrogens with one attached hydrogen (secondary N) is 2. The highest BCUT2D eigenvalue weighted by atomic mass is 16.5. The van der Waals surface area contributed by atoms with Gasteiger partial charge in [0.05, 0.1) is 69.4 Å². The normalized spacial score (nSPS) is 14.1. The van der Waals surface area contributed by atoms with Crippen LogP contribution in [0.5, 0.6) is 0 Å². The lowest BCUT2D eigenvalue weighted by atomic mass is 9.79. The predicted octanol–water partition coefficient (Wildman–Crippen LogP) is 2.12. The first-order valence-corrected chi connectivity index (χ1v) is 15.1. The summed E-state index contributed by atoms with van der Waals surface area (Å²) in [5.74, 6) is -1.01. The van der Waals surface area contributed by atoms with Gasteiger partial charge in [-0.25, -0.2) is 0 Å². The number of carboxylic acids is 1. The quantitative estimate of drug-likeness (QED) is 0.116. The van der Waals surface area contributed by atoms with E-state index in [0.29, 0.717) is 59.0 Å². The lowest BCUT2D eigenvalue weighted by Crippen LogP contribution is -2.52. The smallest absolute Gasteiger partial charge is 0.317 e. The van der Waals surface area contributed by atoms with Crippen LogP contribution in [0.3, 0.4) is 0 Å². The maximum Gasteiger partial charge on any atom is 0.317 e. The van der Waals surface area contributed by atoms with E-state index in [0.717, 1.165) is 0 Å². The molecule has 0 bridgehead atoms. The molecule has 0 rings (SSSR count). The molecule has 12 nitrogen and oxygen atoms in total. The number of hydrogen-bond donors (Lipinski definition) is 3. The van der Waals surface area contributed by atoms with Gasteiger partial charge in [0.25, 0.3) is 0 Å². The average Bonchev–Trinajstić information content (AvgIpc) is 2.87. The van der Waals surface area contributed by atoms with Gasteiger partial charge in [-0.05, 0) is 61.4 Å². The summed E-state index contributed by atoms with van der Waals surface area (Å²) in [6.07, 6.45) is 1.22. The first-order valence-electron chi connectivity index (χ1n) is 15.1. The van der Waals surface area contributed by atoms with Gasteiger partial charge in [-0.1, -0.05) is 20.8 Å². The van der Waals surface area contributed by atoms with Crippen molar-refractivity contribution < 1.29 is 43.2 Å². The van der Waals surface area contributed by atoms with E-state index in [9.17, 15) is 19.2 Å². The second kappa shape index (κ2) is 19.6. The maximum atomic E-state index is 12.8. The number of ketones is 3. The summed E-state index contributed by atoms with van der Waals surface area (Å²) in [5, 5.41) is 15.2. The van der Waals surface area contributed by atoms with Crippen molar-refractivity contribution in [3.8, 4) is 0 Å². The summed E-state index contributed by atoms with van der Waals surface area (Å²) in [6, 6.07) is 0. The maximum absolute atomic E-state index is 12.8. The minimum Gasteiger partial charge on any atom is -0.480 e. The Bertz CT molecular complexity index is 877. The van der Waals surface area contributed by atoms with Crippen LogP contribution in [0.2, 0.25) is 0 Å². The van der Waals surface area contributed by atoms with Crippen LogP contribution < -0.4 is 10.6 Å². The van der Waals surface area contributed by atoms with Gasteiger partial charge < -0.3 is 34.7 Å². The molecule has 0 aliphatic carbocycles. The number of aliphatic carboxylic acids is 1. The highest BCUT2D eigenvalue weighted by Gasteiger charge is 2.33. The van der Waals surface area contributed by atoms with Crippen LogP contribution in [0.25, 0.3) is 0 Å². The molecule has 0 aromatic heterocycles. The fourth-order valence-corrected chi connectivity index (χ4v) is 4.35. The standard InChI is InChI=1S/C31H59N3O9/c1-11-31(9,33-13-15-41-18-19-43-29(5,6)23-28(3,4)24(2)35)26(37)22-42-17-16-40-14-12-32-30(7,8)25(36)20-34(10)21-27(38)39/h32-33H,11-23H2,1-10H3,(H,38,39). The zero-order chi connectivity index (χ0) is 33.3. The number of Topliss-reactive ketones (excluding diaryl/α,β-unsaturated/α-hetero) is 3. The largest absolute Gasteiger partial charge is 0.480 e. The first-order chi connectivity index (χ1) is 19.8. The number of carboxylic acid groups (broad SMARTS) is 1. The highest BCUT2D eigenvalue weighted by Crippen LogP contribution is 2.30. The third-order valence-corrected chi connectivity index (χ3v) is 7.56. The Morgan fingerprint density at radius 2 is 1.28 bits per heavy atom. The third kappa shape index (κ3) is 17.9. The molecule has 0 aromatic carbocycles. The van der Waals surface area contributed by atoms with Gasteiger partial charge in [0.2, 0.25) is 0 Å². The third-order valence-electron chi connectivity index (χ3n) is 7.56. The number of carbonyl (C=O) groups is 4. The minimum absolute atomic E-state index is 0.0315. The number of likely N-dealkylation sites (N-methyl/N-ethyl adjacent to an activating group) is 1. The van der Waals surface area contributed by atoms with Crippen molar-refractivity contribution in [3.63, 3.8) is 0 Å². The van der Waals surface area contributed by atoms with Crippen molar-refractivity contribution in [2.75, 3.05) is 79.5 Å². The summed E-state index contributed by atoms with van der Waals surface area (Å²) < 4.78 is 22.7. The molecule has 0 heterocycles. The van der Waals surface area contributed by atoms with Gasteiger partial charge in [0.1, 0.15) is 12.4 Å².